The van der Waals surface area contributed by atoms with Crippen molar-refractivity contribution in [2.24, 2.45) is 5.41 Å². The highest BCUT2D eigenvalue weighted by molar-refractivity contribution is 5.95. The zero-order chi connectivity index (χ0) is 23.3. The van der Waals surface area contributed by atoms with Crippen molar-refractivity contribution in [2.75, 3.05) is 45.2 Å². The van der Waals surface area contributed by atoms with Crippen LogP contribution in [-0.2, 0) is 4.74 Å². The Morgan fingerprint density at radius 3 is 2.76 bits per heavy atom. The van der Waals surface area contributed by atoms with Crippen LogP contribution in [0.15, 0.2) is 30.7 Å². The molecule has 1 aliphatic rings. The Kier molecular flexibility index (Phi) is 6.82. The minimum atomic E-state index is -0.474. The summed E-state index contributed by atoms with van der Waals surface area (Å²) in [5, 5.41) is 19.4. The molecule has 0 unspecified atom stereocenters. The van der Waals surface area contributed by atoms with E-state index >= 15 is 0 Å². The largest absolute Gasteiger partial charge is 0.383 e. The fourth-order valence-electron chi connectivity index (χ4n) is 3.99. The van der Waals surface area contributed by atoms with E-state index in [1.165, 1.54) is 0 Å². The van der Waals surface area contributed by atoms with Crippen molar-refractivity contribution in [1.82, 2.24) is 30.0 Å². The van der Waals surface area contributed by atoms with Gasteiger partial charge in [-0.15, -0.1) is 0 Å². The maximum absolute atomic E-state index is 12.7. The Balaban J connectivity index is 1.73. The number of nitrogens with one attached hydrogen (secondary N) is 3. The number of nitrogens with zero attached hydrogens (tertiary/aromatic N) is 5. The SMILES string of the molecule is COCCNC(=O)c1nc2c(NCC3(C#N)CCNCC3)nc(-c3ccncc3)cn2c1C. The van der Waals surface area contributed by atoms with Gasteiger partial charge >= 0.3 is 0 Å². The minimum Gasteiger partial charge on any atom is -0.383 e. The summed E-state index contributed by atoms with van der Waals surface area (Å²) in [7, 11) is 1.59. The molecule has 33 heavy (non-hydrogen) atoms. The fraction of sp³-hybridized carbons (Fsp3) is 0.435. The van der Waals surface area contributed by atoms with E-state index in [9.17, 15) is 10.1 Å². The van der Waals surface area contributed by atoms with Crippen molar-refractivity contribution >= 4 is 17.4 Å². The Morgan fingerprint density at radius 1 is 1.30 bits per heavy atom. The molecule has 10 heteroatoms. The second-order valence-corrected chi connectivity index (χ2v) is 8.19. The summed E-state index contributed by atoms with van der Waals surface area (Å²) in [6, 6.07) is 6.27. The molecule has 3 aromatic rings. The lowest BCUT2D eigenvalue weighted by atomic mass is 9.80. The van der Waals surface area contributed by atoms with Crippen LogP contribution in [0.2, 0.25) is 0 Å². The summed E-state index contributed by atoms with van der Waals surface area (Å²) in [4.78, 5) is 26.2. The first kappa shape index (κ1) is 22.6. The first-order valence-corrected chi connectivity index (χ1v) is 11.0. The number of piperidine rings is 1. The van der Waals surface area contributed by atoms with Gasteiger partial charge in [-0.2, -0.15) is 5.26 Å². The molecule has 4 heterocycles. The number of aryl methyl sites for hydroxylation is 1. The van der Waals surface area contributed by atoms with E-state index in [1.54, 1.807) is 19.5 Å². The predicted octanol–water partition coefficient (Wildman–Crippen LogP) is 1.78. The molecule has 1 amide bonds. The number of carbonyl (C=O) groups excluding carboxylic acids is 1. The molecule has 0 bridgehead atoms. The highest BCUT2D eigenvalue weighted by atomic mass is 16.5. The summed E-state index contributed by atoms with van der Waals surface area (Å²) in [6.45, 7) is 4.74. The smallest absolute Gasteiger partial charge is 0.271 e. The molecule has 172 valence electrons. The molecule has 0 radical (unpaired) electrons. The van der Waals surface area contributed by atoms with Crippen molar-refractivity contribution in [1.29, 1.82) is 5.26 Å². The zero-order valence-corrected chi connectivity index (χ0v) is 18.9. The van der Waals surface area contributed by atoms with Crippen molar-refractivity contribution < 1.29 is 9.53 Å². The lowest BCUT2D eigenvalue weighted by Gasteiger charge is -2.31. The van der Waals surface area contributed by atoms with Crippen LogP contribution >= 0.6 is 0 Å². The number of ether oxygens (including phenoxy) is 1. The van der Waals surface area contributed by atoms with Crippen LogP contribution in [0.25, 0.3) is 16.9 Å². The van der Waals surface area contributed by atoms with Gasteiger partial charge in [-0.1, -0.05) is 0 Å². The molecule has 4 rings (SSSR count). The van der Waals surface area contributed by atoms with Gasteiger partial charge in [-0.3, -0.25) is 14.2 Å². The molecule has 1 saturated heterocycles. The molecule has 1 fully saturated rings. The van der Waals surface area contributed by atoms with Crippen LogP contribution in [-0.4, -0.2) is 65.2 Å². The number of fused-ring (bicyclic) bond motifs is 1. The van der Waals surface area contributed by atoms with Crippen molar-refractivity contribution in [3.63, 3.8) is 0 Å². The summed E-state index contributed by atoms with van der Waals surface area (Å²) >= 11 is 0. The average Bonchev–Trinajstić information content (AvgIpc) is 3.20. The van der Waals surface area contributed by atoms with Crippen molar-refractivity contribution in [2.45, 2.75) is 19.8 Å². The number of amides is 1. The normalized spacial score (nSPS) is 15.2. The van der Waals surface area contributed by atoms with Crippen molar-refractivity contribution in [3.8, 4) is 17.3 Å². The third kappa shape index (κ3) is 4.79. The second kappa shape index (κ2) is 9.94. The quantitative estimate of drug-likeness (QED) is 0.445. The number of carbonyl (C=O) groups is 1. The van der Waals surface area contributed by atoms with E-state index in [-0.39, 0.29) is 5.91 Å². The Morgan fingerprint density at radius 2 is 2.06 bits per heavy atom. The number of aromatic nitrogens is 4. The Hall–Kier alpha value is -3.55. The van der Waals surface area contributed by atoms with E-state index in [4.69, 9.17) is 9.72 Å². The van der Waals surface area contributed by atoms with Gasteiger partial charge in [-0.05, 0) is 45.0 Å². The monoisotopic (exact) mass is 448 g/mol. The van der Waals surface area contributed by atoms with Gasteiger partial charge in [0.2, 0.25) is 0 Å². The second-order valence-electron chi connectivity index (χ2n) is 8.19. The molecule has 0 aliphatic carbocycles. The molecule has 0 atom stereocenters. The maximum atomic E-state index is 12.7. The van der Waals surface area contributed by atoms with Crippen LogP contribution in [0, 0.1) is 23.7 Å². The highest BCUT2D eigenvalue weighted by Crippen LogP contribution is 2.30. The van der Waals surface area contributed by atoms with Gasteiger partial charge in [0.15, 0.2) is 11.5 Å². The summed E-state index contributed by atoms with van der Waals surface area (Å²) in [5.74, 6) is 0.271. The fourth-order valence-corrected chi connectivity index (χ4v) is 3.99. The lowest BCUT2D eigenvalue weighted by Crippen LogP contribution is -2.40. The average molecular weight is 449 g/mol. The first-order chi connectivity index (χ1) is 16.1. The third-order valence-corrected chi connectivity index (χ3v) is 6.02. The van der Waals surface area contributed by atoms with E-state index in [0.29, 0.717) is 42.5 Å². The minimum absolute atomic E-state index is 0.267. The van der Waals surface area contributed by atoms with Crippen LogP contribution in [0.4, 0.5) is 5.82 Å². The molecule has 0 saturated carbocycles. The number of pyridine rings is 1. The standard InChI is InChI=1S/C23H28N8O2/c1-16-19(22(32)27-11-12-33-2)30-21-20(28-15-23(14-24)5-9-26-10-6-23)29-18(13-31(16)21)17-3-7-25-8-4-17/h3-4,7-8,13,26H,5-6,9-12,15H2,1-2H3,(H,27,32)(H,28,29). The number of methoxy groups -OCH3 is 1. The Labute approximate surface area is 192 Å². The molecule has 3 N–H and O–H groups in total. The van der Waals surface area contributed by atoms with Crippen molar-refractivity contribution in [3.05, 3.63) is 42.1 Å². The van der Waals surface area contributed by atoms with Gasteiger partial charge in [0.1, 0.15) is 5.69 Å². The molecule has 10 nitrogen and oxygen atoms in total. The lowest BCUT2D eigenvalue weighted by molar-refractivity contribution is 0.0932. The van der Waals surface area contributed by atoms with Gasteiger partial charge in [-0.25, -0.2) is 9.97 Å². The number of nitriles is 1. The topological polar surface area (TPSA) is 129 Å². The van der Waals surface area contributed by atoms with Gasteiger partial charge in [0.05, 0.1) is 29.5 Å². The van der Waals surface area contributed by atoms with E-state index in [0.717, 1.165) is 37.2 Å². The van der Waals surface area contributed by atoms with Gasteiger partial charge in [0.25, 0.3) is 5.91 Å². The van der Waals surface area contributed by atoms with Gasteiger partial charge < -0.3 is 20.7 Å². The van der Waals surface area contributed by atoms with E-state index in [2.05, 4.69) is 32.0 Å². The number of hydrogen-bond acceptors (Lipinski definition) is 8. The third-order valence-electron chi connectivity index (χ3n) is 6.02. The molecule has 0 aromatic carbocycles. The molecular weight excluding hydrogens is 420 g/mol. The van der Waals surface area contributed by atoms with Crippen LogP contribution in [0.5, 0.6) is 0 Å². The van der Waals surface area contributed by atoms with E-state index < -0.39 is 5.41 Å². The number of anilines is 1. The van der Waals surface area contributed by atoms with Crippen LogP contribution < -0.4 is 16.0 Å². The van der Waals surface area contributed by atoms with Gasteiger partial charge in [0, 0.05) is 44.4 Å². The highest BCUT2D eigenvalue weighted by Gasteiger charge is 2.32. The number of rotatable bonds is 8. The molecule has 0 spiro atoms. The maximum Gasteiger partial charge on any atom is 0.271 e. The first-order valence-electron chi connectivity index (χ1n) is 11.0. The number of hydrogen-bond donors (Lipinski definition) is 3. The molecule has 1 aliphatic heterocycles. The molecule has 3 aromatic heterocycles. The summed E-state index contributed by atoms with van der Waals surface area (Å²) in [6.07, 6.45) is 6.82. The Bertz CT molecular complexity index is 1160. The molecular formula is C23H28N8O2. The van der Waals surface area contributed by atoms with E-state index in [1.807, 2.05) is 29.7 Å². The zero-order valence-electron chi connectivity index (χ0n) is 18.9. The predicted molar refractivity (Wildman–Crippen MR) is 124 cm³/mol. The van der Waals surface area contributed by atoms with Crippen LogP contribution in [0.3, 0.4) is 0 Å². The van der Waals surface area contributed by atoms with Crippen LogP contribution in [0.1, 0.15) is 29.0 Å². The number of imidazole rings is 1. The summed E-state index contributed by atoms with van der Waals surface area (Å²) < 4.78 is 6.89. The summed E-state index contributed by atoms with van der Waals surface area (Å²) in [5.41, 5.74) is 2.72.